The van der Waals surface area contributed by atoms with E-state index < -0.39 is 0 Å². The zero-order valence-corrected chi connectivity index (χ0v) is 19.7. The van der Waals surface area contributed by atoms with Crippen LogP contribution in [0.3, 0.4) is 0 Å². The number of benzene rings is 1. The number of nitrogens with zero attached hydrogens (tertiary/aromatic N) is 1. The second kappa shape index (κ2) is 10.0. The summed E-state index contributed by atoms with van der Waals surface area (Å²) in [5, 5.41) is 0.422. The molecule has 4 saturated carbocycles. The summed E-state index contributed by atoms with van der Waals surface area (Å²) in [5.41, 5.74) is 0.928. The normalized spacial score (nSPS) is 32.7. The van der Waals surface area contributed by atoms with Gasteiger partial charge < -0.3 is 14.2 Å². The van der Waals surface area contributed by atoms with Crippen molar-refractivity contribution < 1.29 is 19.0 Å². The Kier molecular flexibility index (Phi) is 7.08. The minimum Gasteiger partial charge on any atom is -0.455 e. The van der Waals surface area contributed by atoms with Crippen molar-refractivity contribution in [2.24, 2.45) is 23.2 Å². The van der Waals surface area contributed by atoms with Crippen molar-refractivity contribution in [2.45, 2.75) is 51.0 Å². The lowest BCUT2D eigenvalue weighted by Gasteiger charge is -2.57. The molecule has 5 aliphatic rings. The molecule has 1 aromatic carbocycles. The van der Waals surface area contributed by atoms with Crippen LogP contribution in [0.15, 0.2) is 24.3 Å². The minimum absolute atomic E-state index is 0.312. The summed E-state index contributed by atoms with van der Waals surface area (Å²) < 4.78 is 17.5. The average Bonchev–Trinajstić information content (AvgIpc) is 2.76. The highest BCUT2D eigenvalue weighted by molar-refractivity contribution is 6.33. The Labute approximate surface area is 196 Å². The highest BCUT2D eigenvalue weighted by Gasteiger charge is 2.50. The largest absolute Gasteiger partial charge is 0.455 e. The Bertz CT molecular complexity index is 759. The molecule has 0 spiro atoms. The summed E-state index contributed by atoms with van der Waals surface area (Å²) in [6, 6.07) is 7.06. The summed E-state index contributed by atoms with van der Waals surface area (Å²) in [4.78, 5) is 15.1. The fraction of sp³-hybridized carbons (Fsp3) is 0.731. The van der Waals surface area contributed by atoms with Crippen molar-refractivity contribution >= 4 is 17.6 Å². The van der Waals surface area contributed by atoms with Crippen molar-refractivity contribution in [2.75, 3.05) is 46.1 Å². The first-order valence-electron chi connectivity index (χ1n) is 12.4. The van der Waals surface area contributed by atoms with Crippen LogP contribution in [-0.2, 0) is 14.2 Å². The van der Waals surface area contributed by atoms with Crippen LogP contribution in [0.1, 0.15) is 55.3 Å². The van der Waals surface area contributed by atoms with Gasteiger partial charge in [0.2, 0.25) is 0 Å². The highest BCUT2D eigenvalue weighted by Crippen LogP contribution is 2.61. The molecular formula is C26H36ClNO4. The van der Waals surface area contributed by atoms with E-state index in [4.69, 9.17) is 25.8 Å². The Morgan fingerprint density at radius 3 is 2.41 bits per heavy atom. The fourth-order valence-electron chi connectivity index (χ4n) is 7.14. The van der Waals surface area contributed by atoms with Crippen LogP contribution < -0.4 is 0 Å². The summed E-state index contributed by atoms with van der Waals surface area (Å²) >= 11 is 6.21. The molecule has 0 radical (unpaired) electrons. The Balaban J connectivity index is 1.15. The van der Waals surface area contributed by atoms with Gasteiger partial charge in [0.25, 0.3) is 0 Å². The molecule has 4 bridgehead atoms. The number of halogens is 1. The quantitative estimate of drug-likeness (QED) is 0.389. The number of carbonyl (C=O) groups is 1. The van der Waals surface area contributed by atoms with E-state index in [1.54, 1.807) is 18.2 Å². The van der Waals surface area contributed by atoms with Crippen LogP contribution in [-0.4, -0.2) is 63.0 Å². The third-order valence-corrected chi connectivity index (χ3v) is 8.51. The van der Waals surface area contributed by atoms with Crippen LogP contribution in [0.4, 0.5) is 0 Å². The van der Waals surface area contributed by atoms with Crippen molar-refractivity contribution in [3.63, 3.8) is 0 Å². The second-order valence-electron chi connectivity index (χ2n) is 10.7. The van der Waals surface area contributed by atoms with Crippen molar-refractivity contribution in [3.8, 4) is 0 Å². The topological polar surface area (TPSA) is 48.0 Å². The van der Waals surface area contributed by atoms with Gasteiger partial charge >= 0.3 is 5.97 Å². The predicted octanol–water partition coefficient (Wildman–Crippen LogP) is 4.82. The van der Waals surface area contributed by atoms with E-state index in [0.717, 1.165) is 57.1 Å². The van der Waals surface area contributed by atoms with Gasteiger partial charge in [-0.15, -0.1) is 0 Å². The maximum absolute atomic E-state index is 12.8. The molecule has 0 N–H and O–H groups in total. The number of ether oxygens (including phenoxy) is 3. The molecule has 32 heavy (non-hydrogen) atoms. The monoisotopic (exact) mass is 461 g/mol. The Hall–Kier alpha value is -1.14. The molecule has 5 nitrogen and oxygen atoms in total. The lowest BCUT2D eigenvalue weighted by Crippen LogP contribution is -2.46. The smallest absolute Gasteiger partial charge is 0.340 e. The molecular weight excluding hydrogens is 426 g/mol. The van der Waals surface area contributed by atoms with Crippen LogP contribution in [0.25, 0.3) is 0 Å². The van der Waals surface area contributed by atoms with Gasteiger partial charge in [-0.2, -0.15) is 0 Å². The third kappa shape index (κ3) is 5.32. The average molecular weight is 462 g/mol. The van der Waals surface area contributed by atoms with E-state index >= 15 is 0 Å². The molecule has 0 aromatic heterocycles. The van der Waals surface area contributed by atoms with Gasteiger partial charge in [-0.05, 0) is 80.2 Å². The Morgan fingerprint density at radius 2 is 1.75 bits per heavy atom. The number of morpholine rings is 1. The van der Waals surface area contributed by atoms with Crippen LogP contribution in [0.5, 0.6) is 0 Å². The van der Waals surface area contributed by atoms with Gasteiger partial charge in [0.05, 0.1) is 30.4 Å². The van der Waals surface area contributed by atoms with Gasteiger partial charge in [-0.3, -0.25) is 4.90 Å². The zero-order chi connectivity index (χ0) is 22.0. The molecule has 1 heterocycles. The summed E-state index contributed by atoms with van der Waals surface area (Å²) in [5.74, 6) is 2.52. The molecule has 0 amide bonds. The second-order valence-corrected chi connectivity index (χ2v) is 11.1. The van der Waals surface area contributed by atoms with Crippen molar-refractivity contribution in [1.29, 1.82) is 0 Å². The van der Waals surface area contributed by atoms with E-state index in [0.29, 0.717) is 29.2 Å². The lowest BCUT2D eigenvalue weighted by atomic mass is 9.49. The molecule has 6 rings (SSSR count). The highest BCUT2D eigenvalue weighted by atomic mass is 35.5. The van der Waals surface area contributed by atoms with Crippen LogP contribution in [0, 0.1) is 23.2 Å². The Morgan fingerprint density at radius 1 is 1.09 bits per heavy atom. The van der Waals surface area contributed by atoms with E-state index in [9.17, 15) is 4.79 Å². The van der Waals surface area contributed by atoms with Crippen LogP contribution >= 0.6 is 11.6 Å². The van der Waals surface area contributed by atoms with Gasteiger partial charge in [0.1, 0.15) is 6.10 Å². The first-order valence-corrected chi connectivity index (χ1v) is 12.8. The first kappa shape index (κ1) is 22.6. The first-order chi connectivity index (χ1) is 15.6. The maximum Gasteiger partial charge on any atom is 0.340 e. The van der Waals surface area contributed by atoms with Crippen molar-refractivity contribution in [1.82, 2.24) is 4.90 Å². The molecule has 1 aromatic rings. The minimum atomic E-state index is -0.376. The number of esters is 1. The molecule has 1 atom stereocenters. The van der Waals surface area contributed by atoms with E-state index in [2.05, 4.69) is 4.90 Å². The van der Waals surface area contributed by atoms with Crippen LogP contribution in [0.2, 0.25) is 5.02 Å². The zero-order valence-electron chi connectivity index (χ0n) is 19.0. The van der Waals surface area contributed by atoms with Gasteiger partial charge in [-0.25, -0.2) is 4.79 Å². The lowest BCUT2D eigenvalue weighted by molar-refractivity contribution is -0.0768. The number of hydrogen-bond acceptors (Lipinski definition) is 5. The van der Waals surface area contributed by atoms with E-state index in [1.165, 1.54) is 38.5 Å². The number of hydrogen-bond donors (Lipinski definition) is 0. The molecule has 4 aliphatic carbocycles. The van der Waals surface area contributed by atoms with Gasteiger partial charge in [0.15, 0.2) is 0 Å². The third-order valence-electron chi connectivity index (χ3n) is 8.18. The summed E-state index contributed by atoms with van der Waals surface area (Å²) in [7, 11) is 0. The standard InChI is InChI=1S/C26H36ClNO4/c27-24-4-2-1-3-23(24)25(29)32-22(17-28-6-9-30-10-7-28)18-31-8-5-26-14-19-11-20(15-26)13-21(12-19)16-26/h1-4,19-22H,5-18H2/t19?,20?,21?,22-,26?/m0/s1. The van der Waals surface area contributed by atoms with Gasteiger partial charge in [-0.1, -0.05) is 23.7 Å². The summed E-state index contributed by atoms with van der Waals surface area (Å²) in [6.45, 7) is 5.00. The molecule has 0 unspecified atom stereocenters. The van der Waals surface area contributed by atoms with E-state index in [1.807, 2.05) is 6.07 Å². The number of carbonyl (C=O) groups excluding carboxylic acids is 1. The molecule has 6 heteroatoms. The molecule has 1 saturated heterocycles. The fourth-order valence-corrected chi connectivity index (χ4v) is 7.35. The van der Waals surface area contributed by atoms with E-state index in [-0.39, 0.29) is 12.1 Å². The number of rotatable bonds is 9. The predicted molar refractivity (Wildman–Crippen MR) is 124 cm³/mol. The maximum atomic E-state index is 12.8. The molecule has 5 fully saturated rings. The SMILES string of the molecule is O=C(O[C@H](COCCC12CC3CC(CC(C3)C1)C2)CN1CCOCC1)c1ccccc1Cl. The van der Waals surface area contributed by atoms with Gasteiger partial charge in [0, 0.05) is 26.2 Å². The molecule has 1 aliphatic heterocycles. The summed E-state index contributed by atoms with van der Waals surface area (Å²) in [6.07, 6.45) is 9.47. The molecule has 176 valence electrons. The van der Waals surface area contributed by atoms with Crippen molar-refractivity contribution in [3.05, 3.63) is 34.9 Å².